The Morgan fingerprint density at radius 1 is 1.33 bits per heavy atom. The number of anilines is 1. The number of carbonyl (C=O) groups is 2. The number of hydrogen-bond donors (Lipinski definition) is 2. The van der Waals surface area contributed by atoms with E-state index in [-0.39, 0.29) is 18.0 Å². The number of likely N-dealkylation sites (N-methyl/N-ethyl adjacent to an activating group) is 1. The zero-order chi connectivity index (χ0) is 13.7. The lowest BCUT2D eigenvalue weighted by atomic mass is 10.1. The summed E-state index contributed by atoms with van der Waals surface area (Å²) in [6.07, 6.45) is 0. The molecule has 1 aromatic rings. The molecule has 1 rings (SSSR count). The predicted octanol–water partition coefficient (Wildman–Crippen LogP) is 0.685. The summed E-state index contributed by atoms with van der Waals surface area (Å²) in [5, 5.41) is 5.26. The van der Waals surface area contributed by atoms with Gasteiger partial charge in [-0.05, 0) is 25.2 Å². The highest BCUT2D eigenvalue weighted by atomic mass is 19.1. The molecule has 0 bridgehead atoms. The van der Waals surface area contributed by atoms with Gasteiger partial charge in [0, 0.05) is 19.8 Å². The Bertz CT molecular complexity index is 461. The fraction of sp³-hybridized carbons (Fsp3) is 0.333. The highest BCUT2D eigenvalue weighted by molar-refractivity contribution is 5.97. The van der Waals surface area contributed by atoms with Gasteiger partial charge in [0.15, 0.2) is 0 Å². The van der Waals surface area contributed by atoms with E-state index in [2.05, 4.69) is 10.6 Å². The molecule has 0 aliphatic rings. The second-order valence-electron chi connectivity index (χ2n) is 3.97. The van der Waals surface area contributed by atoms with Gasteiger partial charge in [0.25, 0.3) is 5.91 Å². The maximum absolute atomic E-state index is 13.5. The molecule has 18 heavy (non-hydrogen) atoms. The minimum atomic E-state index is -0.611. The maximum atomic E-state index is 13.5. The van der Waals surface area contributed by atoms with Gasteiger partial charge in [0.1, 0.15) is 5.82 Å². The molecule has 0 saturated carbocycles. The van der Waals surface area contributed by atoms with Crippen molar-refractivity contribution in [3.05, 3.63) is 29.6 Å². The average Bonchev–Trinajstić information content (AvgIpc) is 2.31. The van der Waals surface area contributed by atoms with Crippen LogP contribution in [0.4, 0.5) is 10.1 Å². The van der Waals surface area contributed by atoms with Gasteiger partial charge >= 0.3 is 0 Å². The van der Waals surface area contributed by atoms with Gasteiger partial charge in [-0.15, -0.1) is 0 Å². The number of benzene rings is 1. The van der Waals surface area contributed by atoms with Crippen LogP contribution < -0.4 is 10.6 Å². The van der Waals surface area contributed by atoms with Crippen LogP contribution in [0.1, 0.15) is 10.4 Å². The van der Waals surface area contributed by atoms with Crippen molar-refractivity contribution in [2.24, 2.45) is 0 Å². The molecule has 0 saturated heterocycles. The fourth-order valence-electron chi connectivity index (χ4n) is 1.37. The van der Waals surface area contributed by atoms with Crippen LogP contribution in [0.3, 0.4) is 0 Å². The van der Waals surface area contributed by atoms with E-state index in [1.165, 1.54) is 31.1 Å². The molecule has 98 valence electrons. The third-order valence-corrected chi connectivity index (χ3v) is 2.22. The number of nitrogens with one attached hydrogen (secondary N) is 2. The van der Waals surface area contributed by atoms with Crippen molar-refractivity contribution >= 4 is 17.5 Å². The number of amides is 2. The lowest BCUT2D eigenvalue weighted by Gasteiger charge is -2.12. The Hall–Kier alpha value is -1.95. The Kier molecular flexibility index (Phi) is 4.79. The SMILES string of the molecule is CNCC(=O)Nc1ccc(F)c(C(=O)N(C)C)c1. The summed E-state index contributed by atoms with van der Waals surface area (Å²) >= 11 is 0. The van der Waals surface area contributed by atoms with Gasteiger partial charge < -0.3 is 15.5 Å². The lowest BCUT2D eigenvalue weighted by molar-refractivity contribution is -0.115. The summed E-state index contributed by atoms with van der Waals surface area (Å²) in [5.74, 6) is -1.31. The molecule has 0 unspecified atom stereocenters. The van der Waals surface area contributed by atoms with Gasteiger partial charge in [-0.3, -0.25) is 9.59 Å². The molecule has 0 spiro atoms. The molecule has 0 aromatic heterocycles. The summed E-state index contributed by atoms with van der Waals surface area (Å²) in [6.45, 7) is 0.147. The normalized spacial score (nSPS) is 10.0. The molecular weight excluding hydrogens is 237 g/mol. The van der Waals surface area contributed by atoms with Crippen LogP contribution in [0.5, 0.6) is 0 Å². The first-order valence-corrected chi connectivity index (χ1v) is 5.41. The Morgan fingerprint density at radius 2 is 2.00 bits per heavy atom. The molecule has 2 N–H and O–H groups in total. The zero-order valence-corrected chi connectivity index (χ0v) is 10.6. The van der Waals surface area contributed by atoms with E-state index in [0.29, 0.717) is 5.69 Å². The van der Waals surface area contributed by atoms with Gasteiger partial charge in [0.05, 0.1) is 12.1 Å². The largest absolute Gasteiger partial charge is 0.345 e. The summed E-state index contributed by atoms with van der Waals surface area (Å²) < 4.78 is 13.5. The minimum absolute atomic E-state index is 0.0674. The number of carbonyl (C=O) groups excluding carboxylic acids is 2. The van der Waals surface area contributed by atoms with Gasteiger partial charge in [-0.2, -0.15) is 0 Å². The van der Waals surface area contributed by atoms with Crippen molar-refractivity contribution in [2.75, 3.05) is 33.0 Å². The molecule has 0 fully saturated rings. The molecule has 2 amide bonds. The Labute approximate surface area is 105 Å². The minimum Gasteiger partial charge on any atom is -0.345 e. The summed E-state index contributed by atoms with van der Waals surface area (Å²) in [7, 11) is 4.72. The number of nitrogens with zero attached hydrogens (tertiary/aromatic N) is 1. The van der Waals surface area contributed by atoms with Crippen molar-refractivity contribution in [1.29, 1.82) is 0 Å². The fourth-order valence-corrected chi connectivity index (χ4v) is 1.37. The Balaban J connectivity index is 2.94. The monoisotopic (exact) mass is 253 g/mol. The predicted molar refractivity (Wildman–Crippen MR) is 67.0 cm³/mol. The van der Waals surface area contributed by atoms with Crippen LogP contribution in [0, 0.1) is 5.82 Å². The number of halogens is 1. The van der Waals surface area contributed by atoms with Crippen molar-refractivity contribution in [3.63, 3.8) is 0 Å². The third kappa shape index (κ3) is 3.53. The second-order valence-corrected chi connectivity index (χ2v) is 3.97. The standard InChI is InChI=1S/C12H16FN3O2/c1-14-7-11(17)15-8-4-5-10(13)9(6-8)12(18)16(2)3/h4-6,14H,7H2,1-3H3,(H,15,17). The van der Waals surface area contributed by atoms with Crippen LogP contribution in [0.15, 0.2) is 18.2 Å². The van der Waals surface area contributed by atoms with Crippen molar-refractivity contribution in [1.82, 2.24) is 10.2 Å². The van der Waals surface area contributed by atoms with Gasteiger partial charge in [-0.1, -0.05) is 0 Å². The van der Waals surface area contributed by atoms with Crippen LogP contribution in [-0.2, 0) is 4.79 Å². The van der Waals surface area contributed by atoms with Crippen LogP contribution >= 0.6 is 0 Å². The second kappa shape index (κ2) is 6.11. The van der Waals surface area contributed by atoms with Crippen LogP contribution in [-0.4, -0.2) is 44.4 Å². The van der Waals surface area contributed by atoms with E-state index in [1.807, 2.05) is 0 Å². The molecule has 6 heteroatoms. The molecule has 0 radical (unpaired) electrons. The number of rotatable bonds is 4. The summed E-state index contributed by atoms with van der Waals surface area (Å²) in [5.41, 5.74) is 0.323. The molecule has 0 atom stereocenters. The quantitative estimate of drug-likeness (QED) is 0.829. The van der Waals surface area contributed by atoms with Crippen LogP contribution in [0.25, 0.3) is 0 Å². The molecule has 5 nitrogen and oxygen atoms in total. The molecule has 0 heterocycles. The molecule has 1 aromatic carbocycles. The van der Waals surface area contributed by atoms with E-state index in [0.717, 1.165) is 6.07 Å². The van der Waals surface area contributed by atoms with E-state index in [1.54, 1.807) is 7.05 Å². The first-order valence-electron chi connectivity index (χ1n) is 5.41. The lowest BCUT2D eigenvalue weighted by Crippen LogP contribution is -2.26. The number of hydrogen-bond acceptors (Lipinski definition) is 3. The van der Waals surface area contributed by atoms with Gasteiger partial charge in [0.2, 0.25) is 5.91 Å². The highest BCUT2D eigenvalue weighted by Gasteiger charge is 2.14. The van der Waals surface area contributed by atoms with Crippen molar-refractivity contribution < 1.29 is 14.0 Å². The van der Waals surface area contributed by atoms with Crippen molar-refractivity contribution in [2.45, 2.75) is 0 Å². The molecule has 0 aliphatic heterocycles. The van der Waals surface area contributed by atoms with E-state index < -0.39 is 11.7 Å². The Morgan fingerprint density at radius 3 is 2.56 bits per heavy atom. The molecule has 0 aliphatic carbocycles. The molecular formula is C12H16FN3O2. The topological polar surface area (TPSA) is 61.4 Å². The smallest absolute Gasteiger partial charge is 0.256 e. The summed E-state index contributed by atoms with van der Waals surface area (Å²) in [4.78, 5) is 24.3. The average molecular weight is 253 g/mol. The van der Waals surface area contributed by atoms with Gasteiger partial charge in [-0.25, -0.2) is 4.39 Å². The first-order chi connectivity index (χ1) is 8.45. The van der Waals surface area contributed by atoms with E-state index in [4.69, 9.17) is 0 Å². The van der Waals surface area contributed by atoms with E-state index in [9.17, 15) is 14.0 Å². The van der Waals surface area contributed by atoms with Crippen molar-refractivity contribution in [3.8, 4) is 0 Å². The highest BCUT2D eigenvalue weighted by Crippen LogP contribution is 2.16. The third-order valence-electron chi connectivity index (χ3n) is 2.22. The summed E-state index contributed by atoms with van der Waals surface area (Å²) in [6, 6.07) is 3.90. The van der Waals surface area contributed by atoms with E-state index >= 15 is 0 Å². The first kappa shape index (κ1) is 14.1. The zero-order valence-electron chi connectivity index (χ0n) is 10.6. The maximum Gasteiger partial charge on any atom is 0.256 e. The van der Waals surface area contributed by atoms with Crippen LogP contribution in [0.2, 0.25) is 0 Å².